The molecule has 0 saturated carbocycles. The predicted octanol–water partition coefficient (Wildman–Crippen LogP) is 2.84. The largest absolute Gasteiger partial charge is 0.370 e. The van der Waals surface area contributed by atoms with E-state index in [0.717, 1.165) is 36.2 Å². The number of likely N-dealkylation sites (tertiary alicyclic amines) is 1. The van der Waals surface area contributed by atoms with Crippen molar-refractivity contribution in [2.45, 2.75) is 31.8 Å². The molecule has 1 heterocycles. The highest BCUT2D eigenvalue weighted by molar-refractivity contribution is 5.84. The van der Waals surface area contributed by atoms with E-state index in [0.29, 0.717) is 13.0 Å². The zero-order valence-corrected chi connectivity index (χ0v) is 14.2. The van der Waals surface area contributed by atoms with E-state index < -0.39 is 11.9 Å². The van der Waals surface area contributed by atoms with Crippen molar-refractivity contribution in [1.82, 2.24) is 4.90 Å². The number of amides is 2. The van der Waals surface area contributed by atoms with E-state index in [1.165, 1.54) is 0 Å². The zero-order valence-electron chi connectivity index (χ0n) is 14.2. The number of anilines is 1. The average molecular weight is 337 g/mol. The molecule has 1 atom stereocenters. The molecule has 3 N–H and O–H groups in total. The highest BCUT2D eigenvalue weighted by Crippen LogP contribution is 2.22. The molecule has 1 saturated heterocycles. The lowest BCUT2D eigenvalue weighted by Gasteiger charge is -2.27. The number of nitrogens with one attached hydrogen (secondary N) is 1. The van der Waals surface area contributed by atoms with E-state index in [4.69, 9.17) is 5.73 Å². The summed E-state index contributed by atoms with van der Waals surface area (Å²) in [6.45, 7) is 1.41. The van der Waals surface area contributed by atoms with Crippen LogP contribution in [0.4, 0.5) is 5.69 Å². The number of piperidine rings is 1. The molecule has 0 bridgehead atoms. The fourth-order valence-electron chi connectivity index (χ4n) is 3.14. The zero-order chi connectivity index (χ0) is 17.6. The van der Waals surface area contributed by atoms with E-state index in [9.17, 15) is 9.59 Å². The smallest absolute Gasteiger partial charge is 0.244 e. The maximum atomic E-state index is 12.0. The summed E-state index contributed by atoms with van der Waals surface area (Å²) in [5.41, 5.74) is 8.25. The molecule has 130 valence electrons. The van der Waals surface area contributed by atoms with Crippen LogP contribution in [0.3, 0.4) is 0 Å². The lowest BCUT2D eigenvalue weighted by Crippen LogP contribution is -2.34. The number of nitrogens with two attached hydrogens (primary N) is 1. The van der Waals surface area contributed by atoms with Gasteiger partial charge in [-0.3, -0.25) is 9.59 Å². The summed E-state index contributed by atoms with van der Waals surface area (Å²) >= 11 is 0. The Balaban J connectivity index is 1.74. The normalized spacial score (nSPS) is 15.7. The fourth-order valence-corrected chi connectivity index (χ4v) is 3.14. The first-order valence-corrected chi connectivity index (χ1v) is 8.61. The molecule has 1 aliphatic heterocycles. The quantitative estimate of drug-likeness (QED) is 0.851. The molecule has 3 rings (SSSR count). The second-order valence-corrected chi connectivity index (χ2v) is 6.36. The Labute approximate surface area is 147 Å². The van der Waals surface area contributed by atoms with Crippen LogP contribution in [-0.2, 0) is 16.1 Å². The van der Waals surface area contributed by atoms with Crippen LogP contribution in [0.25, 0.3) is 0 Å². The van der Waals surface area contributed by atoms with Gasteiger partial charge in [0, 0.05) is 25.2 Å². The highest BCUT2D eigenvalue weighted by atomic mass is 16.2. The van der Waals surface area contributed by atoms with E-state index in [2.05, 4.69) is 5.32 Å². The molecule has 25 heavy (non-hydrogen) atoms. The van der Waals surface area contributed by atoms with Gasteiger partial charge in [0.1, 0.15) is 6.04 Å². The van der Waals surface area contributed by atoms with Gasteiger partial charge in [-0.05, 0) is 36.1 Å². The summed E-state index contributed by atoms with van der Waals surface area (Å²) in [6, 6.07) is 16.6. The topological polar surface area (TPSA) is 75.4 Å². The minimum atomic E-state index is -0.590. The summed E-state index contributed by atoms with van der Waals surface area (Å²) in [4.78, 5) is 25.7. The Morgan fingerprint density at radius 1 is 1.12 bits per heavy atom. The number of carbonyl (C=O) groups excluding carboxylic acids is 2. The van der Waals surface area contributed by atoms with Gasteiger partial charge in [-0.2, -0.15) is 0 Å². The van der Waals surface area contributed by atoms with Gasteiger partial charge in [0.15, 0.2) is 0 Å². The maximum absolute atomic E-state index is 12.0. The standard InChI is InChI=1S/C20H23N3O2/c21-20(25)19(16-8-2-1-3-9-16)22-17-10-6-7-15(13-17)14-23-12-5-4-11-18(23)24/h1-3,6-10,13,19,22H,4-5,11-12,14H2,(H2,21,25). The SMILES string of the molecule is NC(=O)C(Nc1cccc(CN2CCCCC2=O)c1)c1ccccc1. The minimum Gasteiger partial charge on any atom is -0.370 e. The Kier molecular flexibility index (Phi) is 5.33. The first-order valence-electron chi connectivity index (χ1n) is 8.61. The predicted molar refractivity (Wildman–Crippen MR) is 97.7 cm³/mol. The number of rotatable bonds is 6. The monoisotopic (exact) mass is 337 g/mol. The molecule has 0 aliphatic carbocycles. The maximum Gasteiger partial charge on any atom is 0.244 e. The van der Waals surface area contributed by atoms with E-state index in [1.54, 1.807) is 0 Å². The van der Waals surface area contributed by atoms with Crippen molar-refractivity contribution in [1.29, 1.82) is 0 Å². The second kappa shape index (κ2) is 7.83. The summed E-state index contributed by atoms with van der Waals surface area (Å²) < 4.78 is 0. The third-order valence-corrected chi connectivity index (χ3v) is 4.45. The van der Waals surface area contributed by atoms with E-state index in [-0.39, 0.29) is 5.91 Å². The summed E-state index contributed by atoms with van der Waals surface area (Å²) in [7, 11) is 0. The van der Waals surface area contributed by atoms with Crippen LogP contribution in [0.1, 0.15) is 36.4 Å². The van der Waals surface area contributed by atoms with Gasteiger partial charge in [0.2, 0.25) is 11.8 Å². The van der Waals surface area contributed by atoms with Crippen LogP contribution in [0.5, 0.6) is 0 Å². The molecule has 1 unspecified atom stereocenters. The number of primary amides is 1. The molecule has 2 amide bonds. The average Bonchev–Trinajstić information content (AvgIpc) is 2.62. The van der Waals surface area contributed by atoms with Gasteiger partial charge in [-0.1, -0.05) is 42.5 Å². The van der Waals surface area contributed by atoms with Gasteiger partial charge in [-0.15, -0.1) is 0 Å². The van der Waals surface area contributed by atoms with Crippen molar-refractivity contribution in [2.24, 2.45) is 5.73 Å². The number of hydrogen-bond donors (Lipinski definition) is 2. The molecule has 1 fully saturated rings. The van der Waals surface area contributed by atoms with Crippen LogP contribution in [0, 0.1) is 0 Å². The van der Waals surface area contributed by atoms with Crippen molar-refractivity contribution in [3.05, 3.63) is 65.7 Å². The van der Waals surface area contributed by atoms with Crippen molar-refractivity contribution >= 4 is 17.5 Å². The van der Waals surface area contributed by atoms with Crippen LogP contribution in [0.2, 0.25) is 0 Å². The first-order chi connectivity index (χ1) is 12.1. The van der Waals surface area contributed by atoms with Crippen molar-refractivity contribution in [3.8, 4) is 0 Å². The molecule has 2 aromatic rings. The number of hydrogen-bond acceptors (Lipinski definition) is 3. The Morgan fingerprint density at radius 2 is 1.92 bits per heavy atom. The van der Waals surface area contributed by atoms with Crippen molar-refractivity contribution < 1.29 is 9.59 Å². The van der Waals surface area contributed by atoms with Crippen LogP contribution >= 0.6 is 0 Å². The third kappa shape index (κ3) is 4.38. The Morgan fingerprint density at radius 3 is 2.64 bits per heavy atom. The summed E-state index contributed by atoms with van der Waals surface area (Å²) in [5, 5.41) is 3.21. The van der Waals surface area contributed by atoms with Crippen LogP contribution < -0.4 is 11.1 Å². The molecule has 0 radical (unpaired) electrons. The lowest BCUT2D eigenvalue weighted by molar-refractivity contribution is -0.133. The third-order valence-electron chi connectivity index (χ3n) is 4.45. The van der Waals surface area contributed by atoms with E-state index in [1.807, 2.05) is 59.5 Å². The first kappa shape index (κ1) is 17.0. The highest BCUT2D eigenvalue weighted by Gasteiger charge is 2.19. The van der Waals surface area contributed by atoms with Crippen LogP contribution in [0.15, 0.2) is 54.6 Å². The second-order valence-electron chi connectivity index (χ2n) is 6.36. The molecule has 0 spiro atoms. The molecule has 2 aromatic carbocycles. The van der Waals surface area contributed by atoms with Gasteiger partial charge in [0.05, 0.1) is 0 Å². The molecular formula is C20H23N3O2. The lowest BCUT2D eigenvalue weighted by atomic mass is 10.1. The number of carbonyl (C=O) groups is 2. The molecular weight excluding hydrogens is 314 g/mol. The fraction of sp³-hybridized carbons (Fsp3) is 0.300. The van der Waals surface area contributed by atoms with Gasteiger partial charge in [0.25, 0.3) is 0 Å². The number of benzene rings is 2. The van der Waals surface area contributed by atoms with E-state index >= 15 is 0 Å². The Bertz CT molecular complexity index is 746. The van der Waals surface area contributed by atoms with Gasteiger partial charge >= 0.3 is 0 Å². The summed E-state index contributed by atoms with van der Waals surface area (Å²) in [5.74, 6) is -0.216. The van der Waals surface area contributed by atoms with Crippen LogP contribution in [-0.4, -0.2) is 23.3 Å². The molecule has 1 aliphatic rings. The molecule has 0 aromatic heterocycles. The van der Waals surface area contributed by atoms with Crippen molar-refractivity contribution in [3.63, 3.8) is 0 Å². The Hall–Kier alpha value is -2.82. The summed E-state index contributed by atoms with van der Waals surface area (Å²) in [6.07, 6.45) is 2.67. The number of nitrogens with zero attached hydrogens (tertiary/aromatic N) is 1. The molecule has 5 heteroatoms. The van der Waals surface area contributed by atoms with Gasteiger partial charge < -0.3 is 16.0 Å². The van der Waals surface area contributed by atoms with Crippen molar-refractivity contribution in [2.75, 3.05) is 11.9 Å². The molecule has 5 nitrogen and oxygen atoms in total. The van der Waals surface area contributed by atoms with Gasteiger partial charge in [-0.25, -0.2) is 0 Å². The minimum absolute atomic E-state index is 0.212.